The summed E-state index contributed by atoms with van der Waals surface area (Å²) in [6.45, 7) is 3.43. The summed E-state index contributed by atoms with van der Waals surface area (Å²) in [6.07, 6.45) is -0.924. The third kappa shape index (κ3) is 3.80. The van der Waals surface area contributed by atoms with Crippen LogP contribution in [0.5, 0.6) is 0 Å². The van der Waals surface area contributed by atoms with Crippen LogP contribution in [0.15, 0.2) is 46.9 Å². The summed E-state index contributed by atoms with van der Waals surface area (Å²) in [5.74, 6) is -1.43. The molecule has 0 heterocycles. The van der Waals surface area contributed by atoms with Crippen molar-refractivity contribution in [2.24, 2.45) is 0 Å². The van der Waals surface area contributed by atoms with Crippen molar-refractivity contribution in [3.63, 3.8) is 0 Å². The van der Waals surface area contributed by atoms with E-state index in [4.69, 9.17) is 4.74 Å². The van der Waals surface area contributed by atoms with E-state index in [0.717, 1.165) is 11.6 Å². The van der Waals surface area contributed by atoms with Gasteiger partial charge >= 0.3 is 5.97 Å². The first kappa shape index (κ1) is 16.4. The van der Waals surface area contributed by atoms with Gasteiger partial charge < -0.3 is 4.74 Å². The fraction of sp³-hybridized carbons (Fsp3) is 0.176. The minimum absolute atomic E-state index is 0.171. The van der Waals surface area contributed by atoms with Gasteiger partial charge in [0.05, 0.1) is 5.56 Å². The highest BCUT2D eigenvalue weighted by molar-refractivity contribution is 9.10. The highest BCUT2D eigenvalue weighted by Gasteiger charge is 2.21. The lowest BCUT2D eigenvalue weighted by molar-refractivity contribution is 0.0318. The first-order valence-electron chi connectivity index (χ1n) is 6.65. The molecule has 1 atom stereocenters. The maximum atomic E-state index is 13.0. The Labute approximate surface area is 136 Å². The Hall–Kier alpha value is -2.01. The van der Waals surface area contributed by atoms with E-state index in [-0.39, 0.29) is 15.8 Å². The van der Waals surface area contributed by atoms with Crippen molar-refractivity contribution >= 4 is 27.7 Å². The quantitative estimate of drug-likeness (QED) is 0.599. The number of benzene rings is 2. The molecule has 2 aromatic carbocycles. The number of ether oxygens (including phenoxy) is 1. The van der Waals surface area contributed by atoms with E-state index in [1.54, 1.807) is 12.1 Å². The van der Waals surface area contributed by atoms with E-state index >= 15 is 0 Å². The Kier molecular flexibility index (Phi) is 5.08. The maximum absolute atomic E-state index is 13.0. The molecule has 0 saturated carbocycles. The molecule has 0 aliphatic carbocycles. The summed E-state index contributed by atoms with van der Waals surface area (Å²) in [5, 5.41) is 0. The molecule has 114 valence electrons. The van der Waals surface area contributed by atoms with Crippen LogP contribution in [0.25, 0.3) is 0 Å². The second-order valence-electron chi connectivity index (χ2n) is 4.90. The fourth-order valence-corrected chi connectivity index (χ4v) is 2.40. The Bertz CT molecular complexity index is 710. The fourth-order valence-electron chi connectivity index (χ4n) is 1.89. The number of hydrogen-bond acceptors (Lipinski definition) is 3. The normalized spacial score (nSPS) is 11.8. The van der Waals surface area contributed by atoms with Gasteiger partial charge in [0, 0.05) is 10.0 Å². The van der Waals surface area contributed by atoms with Gasteiger partial charge in [0.1, 0.15) is 5.82 Å². The van der Waals surface area contributed by atoms with E-state index in [2.05, 4.69) is 15.9 Å². The molecule has 0 spiro atoms. The predicted octanol–water partition coefficient (Wildman–Crippen LogP) is 4.32. The van der Waals surface area contributed by atoms with Gasteiger partial charge in [-0.15, -0.1) is 0 Å². The van der Waals surface area contributed by atoms with Crippen LogP contribution in [0, 0.1) is 12.7 Å². The van der Waals surface area contributed by atoms with Crippen LogP contribution in [0.2, 0.25) is 0 Å². The average Bonchev–Trinajstić information content (AvgIpc) is 2.47. The van der Waals surface area contributed by atoms with Crippen molar-refractivity contribution in [1.82, 2.24) is 0 Å². The van der Waals surface area contributed by atoms with Gasteiger partial charge in [-0.2, -0.15) is 0 Å². The van der Waals surface area contributed by atoms with Gasteiger partial charge in [-0.05, 0) is 48.0 Å². The third-order valence-corrected chi connectivity index (χ3v) is 3.80. The standard InChI is InChI=1S/C17H14BrFO3/c1-10-3-5-12(6-4-10)16(20)11(2)22-17(21)14-8-7-13(19)9-15(14)18/h3-9,11H,1-2H3/t11-/m1/s1. The molecule has 0 fully saturated rings. The van der Waals surface area contributed by atoms with Crippen molar-refractivity contribution in [3.05, 3.63) is 69.4 Å². The number of hydrogen-bond donors (Lipinski definition) is 0. The van der Waals surface area contributed by atoms with E-state index in [1.165, 1.54) is 19.1 Å². The molecule has 22 heavy (non-hydrogen) atoms. The van der Waals surface area contributed by atoms with Crippen LogP contribution in [0.3, 0.4) is 0 Å². The molecule has 3 nitrogen and oxygen atoms in total. The summed E-state index contributed by atoms with van der Waals surface area (Å²) in [7, 11) is 0. The largest absolute Gasteiger partial charge is 0.451 e. The first-order valence-corrected chi connectivity index (χ1v) is 7.44. The first-order chi connectivity index (χ1) is 10.4. The summed E-state index contributed by atoms with van der Waals surface area (Å²) >= 11 is 3.10. The van der Waals surface area contributed by atoms with Crippen molar-refractivity contribution in [2.75, 3.05) is 0 Å². The van der Waals surface area contributed by atoms with Crippen LogP contribution in [-0.4, -0.2) is 17.9 Å². The molecule has 0 aliphatic rings. The summed E-state index contributed by atoms with van der Waals surface area (Å²) in [6, 6.07) is 10.7. The molecular formula is C17H14BrFO3. The second kappa shape index (κ2) is 6.83. The number of carbonyl (C=O) groups is 2. The van der Waals surface area contributed by atoms with Crippen molar-refractivity contribution in [2.45, 2.75) is 20.0 Å². The zero-order valence-electron chi connectivity index (χ0n) is 12.1. The molecule has 0 radical (unpaired) electrons. The molecule has 0 bridgehead atoms. The van der Waals surface area contributed by atoms with Gasteiger partial charge in [0.25, 0.3) is 0 Å². The Balaban J connectivity index is 2.10. The SMILES string of the molecule is Cc1ccc(C(=O)[C@@H](C)OC(=O)c2ccc(F)cc2Br)cc1. The van der Waals surface area contributed by atoms with Gasteiger partial charge in [-0.3, -0.25) is 4.79 Å². The highest BCUT2D eigenvalue weighted by atomic mass is 79.9. The number of aryl methyl sites for hydroxylation is 1. The third-order valence-electron chi connectivity index (χ3n) is 3.14. The summed E-state index contributed by atoms with van der Waals surface area (Å²) in [4.78, 5) is 24.3. The monoisotopic (exact) mass is 364 g/mol. The zero-order valence-corrected chi connectivity index (χ0v) is 13.7. The molecule has 2 aromatic rings. The molecule has 0 amide bonds. The maximum Gasteiger partial charge on any atom is 0.340 e. The Morgan fingerprint density at radius 3 is 2.36 bits per heavy atom. The predicted molar refractivity (Wildman–Crippen MR) is 84.5 cm³/mol. The number of halogens is 2. The Morgan fingerprint density at radius 1 is 1.14 bits per heavy atom. The lowest BCUT2D eigenvalue weighted by atomic mass is 10.1. The van der Waals surface area contributed by atoms with Gasteiger partial charge in [0.2, 0.25) is 5.78 Å². The van der Waals surface area contributed by atoms with Crippen LogP contribution in [0.1, 0.15) is 33.2 Å². The topological polar surface area (TPSA) is 43.4 Å². The van der Waals surface area contributed by atoms with E-state index < -0.39 is 17.9 Å². The molecule has 0 aliphatic heterocycles. The lowest BCUT2D eigenvalue weighted by Crippen LogP contribution is -2.24. The van der Waals surface area contributed by atoms with E-state index in [1.807, 2.05) is 19.1 Å². The van der Waals surface area contributed by atoms with Crippen LogP contribution < -0.4 is 0 Å². The van der Waals surface area contributed by atoms with Gasteiger partial charge in [-0.1, -0.05) is 29.8 Å². The summed E-state index contributed by atoms with van der Waals surface area (Å²) in [5.41, 5.74) is 1.69. The lowest BCUT2D eigenvalue weighted by Gasteiger charge is -2.13. The van der Waals surface area contributed by atoms with Crippen LogP contribution >= 0.6 is 15.9 Å². The number of ketones is 1. The van der Waals surface area contributed by atoms with Crippen molar-refractivity contribution < 1.29 is 18.7 Å². The van der Waals surface area contributed by atoms with E-state index in [0.29, 0.717) is 5.56 Å². The average molecular weight is 365 g/mol. The van der Waals surface area contributed by atoms with Crippen molar-refractivity contribution in [1.29, 1.82) is 0 Å². The van der Waals surface area contributed by atoms with Crippen LogP contribution in [0.4, 0.5) is 4.39 Å². The molecule has 0 aromatic heterocycles. The van der Waals surface area contributed by atoms with Crippen LogP contribution in [-0.2, 0) is 4.74 Å². The van der Waals surface area contributed by atoms with Gasteiger partial charge in [-0.25, -0.2) is 9.18 Å². The molecule has 2 rings (SSSR count). The number of rotatable bonds is 4. The molecule has 5 heteroatoms. The number of carbonyl (C=O) groups excluding carboxylic acids is 2. The Morgan fingerprint density at radius 2 is 1.77 bits per heavy atom. The minimum atomic E-state index is -0.924. The molecule has 0 unspecified atom stereocenters. The molecule has 0 saturated heterocycles. The number of esters is 1. The molecular weight excluding hydrogens is 351 g/mol. The van der Waals surface area contributed by atoms with E-state index in [9.17, 15) is 14.0 Å². The smallest absolute Gasteiger partial charge is 0.340 e. The van der Waals surface area contributed by atoms with Crippen molar-refractivity contribution in [3.8, 4) is 0 Å². The second-order valence-corrected chi connectivity index (χ2v) is 5.76. The van der Waals surface area contributed by atoms with Gasteiger partial charge in [0.15, 0.2) is 6.10 Å². The minimum Gasteiger partial charge on any atom is -0.451 e. The number of Topliss-reactive ketones (excluding diaryl/α,β-unsaturated/α-hetero) is 1. The summed E-state index contributed by atoms with van der Waals surface area (Å²) < 4.78 is 18.5. The molecule has 0 N–H and O–H groups in total. The zero-order chi connectivity index (χ0) is 16.3. The highest BCUT2D eigenvalue weighted by Crippen LogP contribution is 2.20.